The first-order chi connectivity index (χ1) is 7.58. The molecule has 3 heteroatoms. The van der Waals surface area contributed by atoms with Gasteiger partial charge < -0.3 is 5.73 Å². The van der Waals surface area contributed by atoms with Crippen molar-refractivity contribution in [2.75, 3.05) is 0 Å². The third-order valence-electron chi connectivity index (χ3n) is 2.62. The van der Waals surface area contributed by atoms with Crippen LogP contribution in [0.5, 0.6) is 0 Å². The Morgan fingerprint density at radius 3 is 2.88 bits per heavy atom. The molecular formula is C13H15ClN2. The lowest BCUT2D eigenvalue weighted by atomic mass is 10.1. The van der Waals surface area contributed by atoms with Crippen molar-refractivity contribution in [1.82, 2.24) is 4.98 Å². The van der Waals surface area contributed by atoms with Gasteiger partial charge in [-0.3, -0.25) is 0 Å². The number of nitrogens with zero attached hydrogens (tertiary/aromatic N) is 1. The van der Waals surface area contributed by atoms with Gasteiger partial charge in [0.25, 0.3) is 0 Å². The summed E-state index contributed by atoms with van der Waals surface area (Å²) in [5, 5.41) is 1.69. The van der Waals surface area contributed by atoms with Gasteiger partial charge in [0.2, 0.25) is 0 Å². The van der Waals surface area contributed by atoms with E-state index in [-0.39, 0.29) is 6.04 Å². The zero-order valence-electron chi connectivity index (χ0n) is 9.50. The molecule has 0 spiro atoms. The van der Waals surface area contributed by atoms with E-state index in [0.29, 0.717) is 5.15 Å². The molecule has 84 valence electrons. The van der Waals surface area contributed by atoms with Crippen LogP contribution in [0.15, 0.2) is 24.3 Å². The highest BCUT2D eigenvalue weighted by Crippen LogP contribution is 2.23. The predicted molar refractivity (Wildman–Crippen MR) is 68.8 cm³/mol. The lowest BCUT2D eigenvalue weighted by molar-refractivity contribution is 0.737. The standard InChI is InChI=1S/C13H15ClN2/c1-8-4-3-5-10-7-11(6-9(2)15)13(14)16-12(8)10/h3-5,7,9H,6,15H2,1-2H3. The van der Waals surface area contributed by atoms with Crippen molar-refractivity contribution >= 4 is 22.5 Å². The van der Waals surface area contributed by atoms with Crippen LogP contribution < -0.4 is 5.73 Å². The van der Waals surface area contributed by atoms with E-state index >= 15 is 0 Å². The number of hydrogen-bond acceptors (Lipinski definition) is 2. The molecule has 0 bridgehead atoms. The molecule has 0 aliphatic heterocycles. The van der Waals surface area contributed by atoms with Crippen LogP contribution >= 0.6 is 11.6 Å². The number of halogens is 1. The van der Waals surface area contributed by atoms with Crippen LogP contribution in [0.1, 0.15) is 18.1 Å². The van der Waals surface area contributed by atoms with E-state index in [1.807, 2.05) is 26.0 Å². The molecule has 0 aliphatic rings. The number of fused-ring (bicyclic) bond motifs is 1. The Labute approximate surface area is 100 Å². The van der Waals surface area contributed by atoms with Crippen LogP contribution in [-0.4, -0.2) is 11.0 Å². The van der Waals surface area contributed by atoms with Crippen LogP contribution in [0.2, 0.25) is 5.15 Å². The van der Waals surface area contributed by atoms with Crippen molar-refractivity contribution in [1.29, 1.82) is 0 Å². The van der Waals surface area contributed by atoms with Gasteiger partial charge in [-0.05, 0) is 37.5 Å². The Balaban J connectivity index is 2.58. The fourth-order valence-corrected chi connectivity index (χ4v) is 2.07. The molecule has 2 aromatic rings. The topological polar surface area (TPSA) is 38.9 Å². The van der Waals surface area contributed by atoms with E-state index in [2.05, 4.69) is 17.1 Å². The Hall–Kier alpha value is -1.12. The second kappa shape index (κ2) is 4.40. The van der Waals surface area contributed by atoms with Gasteiger partial charge in [0, 0.05) is 11.4 Å². The Morgan fingerprint density at radius 1 is 1.44 bits per heavy atom. The minimum atomic E-state index is 0.0987. The minimum absolute atomic E-state index is 0.0987. The monoisotopic (exact) mass is 234 g/mol. The fourth-order valence-electron chi connectivity index (χ4n) is 1.86. The summed E-state index contributed by atoms with van der Waals surface area (Å²) >= 11 is 6.15. The summed E-state index contributed by atoms with van der Waals surface area (Å²) in [6.07, 6.45) is 0.760. The maximum absolute atomic E-state index is 6.15. The molecule has 2 N–H and O–H groups in total. The summed E-state index contributed by atoms with van der Waals surface area (Å²) in [4.78, 5) is 4.44. The minimum Gasteiger partial charge on any atom is -0.328 e. The number of para-hydroxylation sites is 1. The highest BCUT2D eigenvalue weighted by Gasteiger charge is 2.07. The smallest absolute Gasteiger partial charge is 0.133 e. The van der Waals surface area contributed by atoms with Gasteiger partial charge in [-0.15, -0.1) is 0 Å². The summed E-state index contributed by atoms with van der Waals surface area (Å²) in [6.45, 7) is 4.01. The van der Waals surface area contributed by atoms with Crippen molar-refractivity contribution in [3.63, 3.8) is 0 Å². The molecule has 1 heterocycles. The van der Waals surface area contributed by atoms with Gasteiger partial charge in [-0.1, -0.05) is 29.8 Å². The second-order valence-corrected chi connectivity index (χ2v) is 4.62. The van der Waals surface area contributed by atoms with E-state index in [1.54, 1.807) is 0 Å². The predicted octanol–water partition coefficient (Wildman–Crippen LogP) is 3.09. The molecule has 16 heavy (non-hydrogen) atoms. The quantitative estimate of drug-likeness (QED) is 0.811. The number of hydrogen-bond donors (Lipinski definition) is 1. The Kier molecular flexibility index (Phi) is 3.13. The first-order valence-electron chi connectivity index (χ1n) is 5.38. The average molecular weight is 235 g/mol. The zero-order valence-corrected chi connectivity index (χ0v) is 10.3. The average Bonchev–Trinajstić information content (AvgIpc) is 2.20. The molecule has 0 saturated heterocycles. The van der Waals surface area contributed by atoms with E-state index < -0.39 is 0 Å². The van der Waals surface area contributed by atoms with Crippen molar-refractivity contribution in [3.05, 3.63) is 40.5 Å². The third-order valence-corrected chi connectivity index (χ3v) is 2.94. The van der Waals surface area contributed by atoms with Crippen LogP contribution in [-0.2, 0) is 6.42 Å². The SMILES string of the molecule is Cc1cccc2cc(CC(C)N)c(Cl)nc12. The summed E-state index contributed by atoms with van der Waals surface area (Å²) in [5.74, 6) is 0. The van der Waals surface area contributed by atoms with E-state index in [4.69, 9.17) is 17.3 Å². The first kappa shape index (κ1) is 11.4. The molecule has 0 fully saturated rings. The molecule has 1 unspecified atom stereocenters. The number of rotatable bonds is 2. The zero-order chi connectivity index (χ0) is 11.7. The molecule has 2 nitrogen and oxygen atoms in total. The number of pyridine rings is 1. The molecule has 0 saturated carbocycles. The summed E-state index contributed by atoms with van der Waals surface area (Å²) in [7, 11) is 0. The van der Waals surface area contributed by atoms with Crippen molar-refractivity contribution in [2.45, 2.75) is 26.3 Å². The Bertz CT molecular complexity index is 521. The fraction of sp³-hybridized carbons (Fsp3) is 0.308. The van der Waals surface area contributed by atoms with Crippen molar-refractivity contribution in [2.24, 2.45) is 5.73 Å². The summed E-state index contributed by atoms with van der Waals surface area (Å²) in [5.41, 5.74) is 8.92. The maximum atomic E-state index is 6.15. The normalized spacial score (nSPS) is 13.0. The first-order valence-corrected chi connectivity index (χ1v) is 5.76. The van der Waals surface area contributed by atoms with Gasteiger partial charge in [0.15, 0.2) is 0 Å². The number of aryl methyl sites for hydroxylation is 1. The lowest BCUT2D eigenvalue weighted by Crippen LogP contribution is -2.18. The van der Waals surface area contributed by atoms with E-state index in [9.17, 15) is 0 Å². The maximum Gasteiger partial charge on any atom is 0.133 e. The van der Waals surface area contributed by atoms with Gasteiger partial charge in [0.05, 0.1) is 5.52 Å². The van der Waals surface area contributed by atoms with Crippen LogP contribution in [0.25, 0.3) is 10.9 Å². The highest BCUT2D eigenvalue weighted by molar-refractivity contribution is 6.30. The van der Waals surface area contributed by atoms with Crippen molar-refractivity contribution in [3.8, 4) is 0 Å². The summed E-state index contributed by atoms with van der Waals surface area (Å²) < 4.78 is 0. The second-order valence-electron chi connectivity index (χ2n) is 4.27. The molecule has 0 amide bonds. The van der Waals surface area contributed by atoms with Gasteiger partial charge in [-0.25, -0.2) is 4.98 Å². The molecule has 1 aromatic heterocycles. The largest absolute Gasteiger partial charge is 0.328 e. The molecule has 1 aromatic carbocycles. The molecular weight excluding hydrogens is 220 g/mol. The molecule has 0 radical (unpaired) electrons. The Morgan fingerprint density at radius 2 is 2.19 bits per heavy atom. The van der Waals surface area contributed by atoms with E-state index in [0.717, 1.165) is 28.5 Å². The van der Waals surface area contributed by atoms with Crippen LogP contribution in [0.3, 0.4) is 0 Å². The van der Waals surface area contributed by atoms with E-state index in [1.165, 1.54) is 0 Å². The third kappa shape index (κ3) is 2.18. The number of nitrogens with two attached hydrogens (primary N) is 1. The highest BCUT2D eigenvalue weighted by atomic mass is 35.5. The van der Waals surface area contributed by atoms with Gasteiger partial charge in [0.1, 0.15) is 5.15 Å². The molecule has 1 atom stereocenters. The molecule has 0 aliphatic carbocycles. The van der Waals surface area contributed by atoms with Gasteiger partial charge >= 0.3 is 0 Å². The van der Waals surface area contributed by atoms with Crippen molar-refractivity contribution < 1.29 is 0 Å². The lowest BCUT2D eigenvalue weighted by Gasteiger charge is -2.09. The van der Waals surface area contributed by atoms with Crippen LogP contribution in [0, 0.1) is 6.92 Å². The summed E-state index contributed by atoms with van der Waals surface area (Å²) in [6, 6.07) is 8.30. The number of benzene rings is 1. The number of aromatic nitrogens is 1. The van der Waals surface area contributed by atoms with Gasteiger partial charge in [-0.2, -0.15) is 0 Å². The van der Waals surface area contributed by atoms with Crippen LogP contribution in [0.4, 0.5) is 0 Å². The molecule has 2 rings (SSSR count).